The lowest BCUT2D eigenvalue weighted by Gasteiger charge is -2.15. The van der Waals surface area contributed by atoms with Crippen LogP contribution in [0.2, 0.25) is 0 Å². The maximum absolute atomic E-state index is 12.4. The molecule has 1 amide bonds. The van der Waals surface area contributed by atoms with Gasteiger partial charge in [0, 0.05) is 33.1 Å². The Balaban J connectivity index is 2.06. The van der Waals surface area contributed by atoms with Crippen molar-refractivity contribution in [3.8, 4) is 11.3 Å². The molecule has 4 aromatic rings. The molecule has 1 N–H and O–H groups in total. The lowest BCUT2D eigenvalue weighted by atomic mass is 9.95. The summed E-state index contributed by atoms with van der Waals surface area (Å²) < 4.78 is 3.03. The summed E-state index contributed by atoms with van der Waals surface area (Å²) in [6.07, 6.45) is 2.15. The number of carbonyl (C=O) groups is 1. The average Bonchev–Trinajstić information content (AvgIpc) is 3.23. The number of aromatic nitrogens is 3. The molecule has 0 fully saturated rings. The van der Waals surface area contributed by atoms with E-state index < -0.39 is 0 Å². The minimum Gasteiger partial charge on any atom is -0.355 e. The summed E-state index contributed by atoms with van der Waals surface area (Å²) in [5.74, 6) is 0.400. The van der Waals surface area contributed by atoms with Crippen LogP contribution in [0.15, 0.2) is 24.3 Å². The third-order valence-corrected chi connectivity index (χ3v) is 7.09. The van der Waals surface area contributed by atoms with Crippen molar-refractivity contribution >= 4 is 33.0 Å². The molecule has 0 saturated carbocycles. The van der Waals surface area contributed by atoms with E-state index in [1.165, 1.54) is 10.4 Å². The number of amides is 1. The highest BCUT2D eigenvalue weighted by molar-refractivity contribution is 7.20. The zero-order chi connectivity index (χ0) is 21.6. The molecule has 0 aliphatic rings. The Morgan fingerprint density at radius 2 is 1.93 bits per heavy atom. The summed E-state index contributed by atoms with van der Waals surface area (Å²) in [6, 6.07) is 8.12. The number of imidazole rings is 1. The Morgan fingerprint density at radius 3 is 2.60 bits per heavy atom. The van der Waals surface area contributed by atoms with Gasteiger partial charge >= 0.3 is 0 Å². The van der Waals surface area contributed by atoms with Crippen molar-refractivity contribution in [2.24, 2.45) is 0 Å². The normalized spacial score (nSPS) is 11.7. The monoisotopic (exact) mass is 420 g/mol. The van der Waals surface area contributed by atoms with Gasteiger partial charge in [0.05, 0.1) is 22.6 Å². The van der Waals surface area contributed by atoms with Gasteiger partial charge in [0.1, 0.15) is 0 Å². The molecule has 1 aromatic carbocycles. The molecule has 0 saturated heterocycles. The number of rotatable bonds is 5. The number of nitrogens with one attached hydrogen (secondary N) is 1. The summed E-state index contributed by atoms with van der Waals surface area (Å²) in [7, 11) is 1.67. The van der Waals surface area contributed by atoms with Gasteiger partial charge in [0.15, 0.2) is 5.65 Å². The lowest BCUT2D eigenvalue weighted by Crippen LogP contribution is -2.17. The third-order valence-electron chi connectivity index (χ3n) is 5.93. The molecule has 0 aliphatic carbocycles. The predicted molar refractivity (Wildman–Crippen MR) is 125 cm³/mol. The van der Waals surface area contributed by atoms with E-state index in [0.29, 0.717) is 11.5 Å². The van der Waals surface area contributed by atoms with Gasteiger partial charge in [0.25, 0.3) is 5.91 Å². The molecule has 156 valence electrons. The van der Waals surface area contributed by atoms with Gasteiger partial charge in [0.2, 0.25) is 0 Å². The van der Waals surface area contributed by atoms with Crippen LogP contribution < -0.4 is 5.32 Å². The minimum absolute atomic E-state index is 0.0618. The van der Waals surface area contributed by atoms with E-state index in [2.05, 4.69) is 45.1 Å². The first kappa shape index (κ1) is 20.5. The van der Waals surface area contributed by atoms with Gasteiger partial charge in [-0.1, -0.05) is 26.0 Å². The molecule has 3 aromatic heterocycles. The highest BCUT2D eigenvalue weighted by atomic mass is 32.1. The molecule has 0 bridgehead atoms. The van der Waals surface area contributed by atoms with Crippen molar-refractivity contribution in [3.05, 3.63) is 51.7 Å². The molecule has 0 aliphatic heterocycles. The van der Waals surface area contributed by atoms with Crippen LogP contribution in [0.25, 0.3) is 27.0 Å². The fourth-order valence-electron chi connectivity index (χ4n) is 4.44. The SMILES string of the molecule is CCC(CC)c1cc(C)nn2c(-c3c(C)sc4c(C(=O)NC)cccc34)c(C)nc12. The number of benzene rings is 1. The minimum atomic E-state index is -0.0618. The highest BCUT2D eigenvalue weighted by Gasteiger charge is 2.24. The molecule has 0 atom stereocenters. The zero-order valence-electron chi connectivity index (χ0n) is 18.5. The Hall–Kier alpha value is -2.73. The van der Waals surface area contributed by atoms with Crippen LogP contribution in [0.4, 0.5) is 0 Å². The third kappa shape index (κ3) is 3.10. The fraction of sp³-hybridized carbons (Fsp3) is 0.375. The van der Waals surface area contributed by atoms with Gasteiger partial charge in [-0.3, -0.25) is 4.79 Å². The summed E-state index contributed by atoms with van der Waals surface area (Å²) in [4.78, 5) is 18.5. The van der Waals surface area contributed by atoms with Crippen LogP contribution in [-0.4, -0.2) is 27.6 Å². The van der Waals surface area contributed by atoms with Crippen LogP contribution in [0.3, 0.4) is 0 Å². The van der Waals surface area contributed by atoms with E-state index in [1.807, 2.05) is 23.6 Å². The van der Waals surface area contributed by atoms with Crippen LogP contribution >= 0.6 is 11.3 Å². The van der Waals surface area contributed by atoms with Gasteiger partial charge < -0.3 is 5.32 Å². The van der Waals surface area contributed by atoms with Crippen LogP contribution in [0, 0.1) is 20.8 Å². The topological polar surface area (TPSA) is 59.3 Å². The second-order valence-electron chi connectivity index (χ2n) is 7.83. The van der Waals surface area contributed by atoms with Gasteiger partial charge in [-0.25, -0.2) is 9.50 Å². The lowest BCUT2D eigenvalue weighted by molar-refractivity contribution is 0.0965. The Bertz CT molecular complexity index is 1260. The van der Waals surface area contributed by atoms with E-state index >= 15 is 0 Å². The number of aryl methyl sites for hydroxylation is 3. The number of carbonyl (C=O) groups excluding carboxylic acids is 1. The van der Waals surface area contributed by atoms with Crippen LogP contribution in [0.5, 0.6) is 0 Å². The molecule has 0 radical (unpaired) electrons. The summed E-state index contributed by atoms with van der Waals surface area (Å²) in [6.45, 7) is 10.7. The van der Waals surface area contributed by atoms with E-state index in [4.69, 9.17) is 10.1 Å². The quantitative estimate of drug-likeness (QED) is 0.444. The summed E-state index contributed by atoms with van der Waals surface area (Å²) in [5, 5.41) is 8.70. The smallest absolute Gasteiger partial charge is 0.252 e. The van der Waals surface area contributed by atoms with Crippen molar-refractivity contribution in [2.45, 2.75) is 53.4 Å². The molecule has 0 unspecified atom stereocenters. The fourth-order valence-corrected chi connectivity index (χ4v) is 5.61. The van der Waals surface area contributed by atoms with E-state index in [9.17, 15) is 4.79 Å². The van der Waals surface area contributed by atoms with Crippen molar-refractivity contribution in [2.75, 3.05) is 7.05 Å². The Labute approximate surface area is 181 Å². The molecular formula is C24H28N4OS. The number of fused-ring (bicyclic) bond motifs is 2. The maximum Gasteiger partial charge on any atom is 0.252 e. The number of thiophene rings is 1. The first-order chi connectivity index (χ1) is 14.4. The maximum atomic E-state index is 12.4. The first-order valence-corrected chi connectivity index (χ1v) is 11.3. The summed E-state index contributed by atoms with van der Waals surface area (Å²) >= 11 is 1.66. The largest absolute Gasteiger partial charge is 0.355 e. The molecule has 4 rings (SSSR count). The molecule has 6 heteroatoms. The molecule has 5 nitrogen and oxygen atoms in total. The standard InChI is InChI=1S/C24H28N4OS/c1-7-16(8-2)19-12-13(3)27-28-21(14(4)26-23(19)28)20-15(5)30-22-17(20)10-9-11-18(22)24(29)25-6/h9-12,16H,7-8H2,1-6H3,(H,25,29). The second-order valence-corrected chi connectivity index (χ2v) is 9.06. The average molecular weight is 421 g/mol. The summed E-state index contributed by atoms with van der Waals surface area (Å²) in [5.41, 5.74) is 7.04. The highest BCUT2D eigenvalue weighted by Crippen LogP contribution is 2.42. The van der Waals surface area contributed by atoms with Crippen LogP contribution in [0.1, 0.15) is 64.8 Å². The van der Waals surface area contributed by atoms with E-state index in [0.717, 1.165) is 51.2 Å². The zero-order valence-corrected chi connectivity index (χ0v) is 19.3. The van der Waals surface area contributed by atoms with Crippen molar-refractivity contribution in [3.63, 3.8) is 0 Å². The Kier molecular flexibility index (Phi) is 5.36. The molecular weight excluding hydrogens is 392 g/mol. The van der Waals surface area contributed by atoms with Gasteiger partial charge in [-0.2, -0.15) is 5.10 Å². The Morgan fingerprint density at radius 1 is 1.20 bits per heavy atom. The first-order valence-electron chi connectivity index (χ1n) is 10.5. The number of nitrogens with zero attached hydrogens (tertiary/aromatic N) is 3. The van der Waals surface area contributed by atoms with Crippen molar-refractivity contribution in [1.82, 2.24) is 19.9 Å². The van der Waals surface area contributed by atoms with Crippen molar-refractivity contribution < 1.29 is 4.79 Å². The predicted octanol–water partition coefficient (Wildman–Crippen LogP) is 5.80. The molecule has 30 heavy (non-hydrogen) atoms. The van der Waals surface area contributed by atoms with Crippen molar-refractivity contribution in [1.29, 1.82) is 0 Å². The van der Waals surface area contributed by atoms with E-state index in [-0.39, 0.29) is 5.91 Å². The second kappa shape index (κ2) is 7.84. The van der Waals surface area contributed by atoms with Crippen LogP contribution in [-0.2, 0) is 0 Å². The number of hydrogen-bond acceptors (Lipinski definition) is 4. The van der Waals surface area contributed by atoms with Gasteiger partial charge in [-0.05, 0) is 51.7 Å². The number of hydrogen-bond donors (Lipinski definition) is 1. The molecule has 0 spiro atoms. The van der Waals surface area contributed by atoms with E-state index in [1.54, 1.807) is 18.4 Å². The van der Waals surface area contributed by atoms with Gasteiger partial charge in [-0.15, -0.1) is 11.3 Å². The molecule has 3 heterocycles.